The zero-order valence-corrected chi connectivity index (χ0v) is 16.8. The molecule has 0 saturated carbocycles. The number of carbonyl (C=O) groups is 1. The quantitative estimate of drug-likeness (QED) is 0.500. The summed E-state index contributed by atoms with van der Waals surface area (Å²) in [6.07, 6.45) is 2.06. The van der Waals surface area contributed by atoms with Gasteiger partial charge in [-0.25, -0.2) is 9.78 Å². The number of hydrogen-bond donors (Lipinski definition) is 2. The van der Waals surface area contributed by atoms with Crippen molar-refractivity contribution in [1.82, 2.24) is 14.5 Å². The number of rotatable bonds is 6. The molecular weight excluding hydrogens is 396 g/mol. The predicted molar refractivity (Wildman–Crippen MR) is 118 cm³/mol. The van der Waals surface area contributed by atoms with Crippen molar-refractivity contribution in [3.8, 4) is 11.5 Å². The average molecular weight is 416 g/mol. The minimum Gasteiger partial charge on any atom is -0.457 e. The number of aromatic nitrogens is 3. The molecule has 4 rings (SSSR count). The van der Waals surface area contributed by atoms with Gasteiger partial charge in [0.15, 0.2) is 0 Å². The van der Waals surface area contributed by atoms with Crippen LogP contribution >= 0.6 is 0 Å². The summed E-state index contributed by atoms with van der Waals surface area (Å²) in [4.78, 5) is 43.4. The van der Waals surface area contributed by atoms with Gasteiger partial charge in [-0.05, 0) is 48.9 Å². The molecular formula is C23H20N4O4. The number of fused-ring (bicyclic) bond motifs is 1. The fraction of sp³-hybridized carbons (Fsp3) is 0.130. The van der Waals surface area contributed by atoms with E-state index in [2.05, 4.69) is 15.3 Å². The summed E-state index contributed by atoms with van der Waals surface area (Å²) >= 11 is 0. The number of aryl methyl sites for hydroxylation is 1. The van der Waals surface area contributed by atoms with Crippen LogP contribution in [-0.4, -0.2) is 20.4 Å². The number of carbonyl (C=O) groups excluding carboxylic acids is 1. The molecule has 8 nitrogen and oxygen atoms in total. The maximum absolute atomic E-state index is 12.7. The number of pyridine rings is 1. The summed E-state index contributed by atoms with van der Waals surface area (Å²) in [5, 5.41) is 2.96. The predicted octanol–water partition coefficient (Wildman–Crippen LogP) is 3.54. The number of ether oxygens (including phenoxy) is 1. The van der Waals surface area contributed by atoms with Gasteiger partial charge in [0.05, 0.1) is 10.9 Å². The van der Waals surface area contributed by atoms with Crippen LogP contribution in [0.4, 0.5) is 5.69 Å². The molecule has 0 atom stereocenters. The fourth-order valence-corrected chi connectivity index (χ4v) is 3.16. The van der Waals surface area contributed by atoms with Gasteiger partial charge in [-0.2, -0.15) is 0 Å². The zero-order chi connectivity index (χ0) is 21.8. The smallest absolute Gasteiger partial charge is 0.329 e. The van der Waals surface area contributed by atoms with Gasteiger partial charge in [-0.15, -0.1) is 0 Å². The van der Waals surface area contributed by atoms with Crippen LogP contribution in [0.3, 0.4) is 0 Å². The summed E-state index contributed by atoms with van der Waals surface area (Å²) in [7, 11) is 0. The first kappa shape index (κ1) is 20.1. The molecule has 0 unspecified atom stereocenters. The number of H-pyrrole nitrogens is 1. The third-order valence-electron chi connectivity index (χ3n) is 4.63. The molecule has 2 N–H and O–H groups in total. The Hall–Kier alpha value is -4.20. The van der Waals surface area contributed by atoms with Crippen LogP contribution < -0.4 is 21.3 Å². The topological polar surface area (TPSA) is 106 Å². The Bertz CT molecular complexity index is 1340. The van der Waals surface area contributed by atoms with Crippen molar-refractivity contribution in [2.24, 2.45) is 0 Å². The maximum Gasteiger partial charge on any atom is 0.329 e. The number of nitrogens with one attached hydrogen (secondary N) is 2. The highest BCUT2D eigenvalue weighted by atomic mass is 16.5. The second kappa shape index (κ2) is 8.66. The molecule has 2 aromatic carbocycles. The molecule has 1 amide bonds. The molecule has 0 saturated heterocycles. The Morgan fingerprint density at radius 1 is 1.06 bits per heavy atom. The Morgan fingerprint density at radius 3 is 2.48 bits per heavy atom. The van der Waals surface area contributed by atoms with E-state index in [-0.39, 0.29) is 16.6 Å². The first-order valence-corrected chi connectivity index (χ1v) is 9.82. The summed E-state index contributed by atoms with van der Waals surface area (Å²) in [6, 6.07) is 17.7. The van der Waals surface area contributed by atoms with Crippen molar-refractivity contribution < 1.29 is 9.53 Å². The second-order valence-corrected chi connectivity index (χ2v) is 6.90. The summed E-state index contributed by atoms with van der Waals surface area (Å²) < 4.78 is 7.13. The molecule has 31 heavy (non-hydrogen) atoms. The van der Waals surface area contributed by atoms with Crippen LogP contribution in [0.25, 0.3) is 11.0 Å². The van der Waals surface area contributed by atoms with Crippen molar-refractivity contribution in [2.75, 3.05) is 5.32 Å². The molecule has 2 heterocycles. The number of benzene rings is 2. The molecule has 2 aromatic heterocycles. The first-order valence-electron chi connectivity index (χ1n) is 9.82. The fourth-order valence-electron chi connectivity index (χ4n) is 3.16. The van der Waals surface area contributed by atoms with Crippen molar-refractivity contribution in [3.63, 3.8) is 0 Å². The minimum absolute atomic E-state index is 0.187. The maximum atomic E-state index is 12.7. The van der Waals surface area contributed by atoms with Crippen LogP contribution in [0.15, 0.2) is 76.4 Å². The second-order valence-electron chi connectivity index (χ2n) is 6.90. The lowest BCUT2D eigenvalue weighted by Gasteiger charge is -2.10. The lowest BCUT2D eigenvalue weighted by Crippen LogP contribution is -2.31. The van der Waals surface area contributed by atoms with Crippen LogP contribution in [0.2, 0.25) is 0 Å². The Morgan fingerprint density at radius 2 is 1.77 bits per heavy atom. The van der Waals surface area contributed by atoms with Gasteiger partial charge in [0.25, 0.3) is 11.5 Å². The standard InChI is InChI=1S/C23H20N4O4/c1-2-12-27-20-19(22(29)26-23(27)30)13-15(14-24-20)21(28)25-16-8-10-18(11-9-16)31-17-6-4-3-5-7-17/h3-11,13-14H,2,12H2,1H3,(H,25,28)(H,26,29,30). The van der Waals surface area contributed by atoms with E-state index in [4.69, 9.17) is 4.74 Å². The molecule has 156 valence electrons. The molecule has 8 heteroatoms. The van der Waals surface area contributed by atoms with E-state index < -0.39 is 17.2 Å². The SMILES string of the molecule is CCCn1c(=O)[nH]c(=O)c2cc(C(=O)Nc3ccc(Oc4ccccc4)cc3)cnc21. The normalized spacial score (nSPS) is 10.7. The summed E-state index contributed by atoms with van der Waals surface area (Å²) in [5.74, 6) is 0.934. The third-order valence-corrected chi connectivity index (χ3v) is 4.63. The number of amides is 1. The van der Waals surface area contributed by atoms with Crippen LogP contribution in [0, 0.1) is 0 Å². The molecule has 0 bridgehead atoms. The molecule has 0 aliphatic carbocycles. The van der Waals surface area contributed by atoms with Gasteiger partial charge >= 0.3 is 5.69 Å². The number of para-hydroxylation sites is 1. The van der Waals surface area contributed by atoms with Crippen LogP contribution in [0.1, 0.15) is 23.7 Å². The van der Waals surface area contributed by atoms with Crippen molar-refractivity contribution in [1.29, 1.82) is 0 Å². The molecule has 0 aliphatic heterocycles. The minimum atomic E-state index is -0.572. The van der Waals surface area contributed by atoms with E-state index in [1.54, 1.807) is 24.3 Å². The number of anilines is 1. The molecule has 0 radical (unpaired) electrons. The van der Waals surface area contributed by atoms with E-state index in [1.807, 2.05) is 37.3 Å². The van der Waals surface area contributed by atoms with Gasteiger partial charge < -0.3 is 10.1 Å². The van der Waals surface area contributed by atoms with Crippen LogP contribution in [-0.2, 0) is 6.54 Å². The van der Waals surface area contributed by atoms with E-state index in [0.29, 0.717) is 30.2 Å². The van der Waals surface area contributed by atoms with E-state index >= 15 is 0 Å². The Labute approximate surface area is 177 Å². The van der Waals surface area contributed by atoms with Gasteiger partial charge in [0.1, 0.15) is 17.1 Å². The lowest BCUT2D eigenvalue weighted by atomic mass is 10.2. The number of aromatic amines is 1. The van der Waals surface area contributed by atoms with Crippen molar-refractivity contribution in [2.45, 2.75) is 19.9 Å². The summed E-state index contributed by atoms with van der Waals surface area (Å²) in [5.41, 5.74) is -0.0481. The largest absolute Gasteiger partial charge is 0.457 e. The Balaban J connectivity index is 1.54. The van der Waals surface area contributed by atoms with E-state index in [9.17, 15) is 14.4 Å². The number of nitrogens with zero attached hydrogens (tertiary/aromatic N) is 2. The van der Waals surface area contributed by atoms with Crippen molar-refractivity contribution in [3.05, 3.63) is 93.3 Å². The molecule has 4 aromatic rings. The van der Waals surface area contributed by atoms with Gasteiger partial charge in [0, 0.05) is 18.4 Å². The molecule has 0 aliphatic rings. The van der Waals surface area contributed by atoms with Gasteiger partial charge in [-0.3, -0.25) is 19.1 Å². The van der Waals surface area contributed by atoms with Crippen LogP contribution in [0.5, 0.6) is 11.5 Å². The van der Waals surface area contributed by atoms with Crippen molar-refractivity contribution >= 4 is 22.6 Å². The molecule has 0 fully saturated rings. The molecule has 0 spiro atoms. The number of hydrogen-bond acceptors (Lipinski definition) is 5. The van der Waals surface area contributed by atoms with E-state index in [1.165, 1.54) is 16.8 Å². The Kier molecular flexibility index (Phi) is 5.61. The highest BCUT2D eigenvalue weighted by molar-refractivity contribution is 6.05. The zero-order valence-electron chi connectivity index (χ0n) is 16.8. The van der Waals surface area contributed by atoms with Gasteiger partial charge in [0.2, 0.25) is 0 Å². The average Bonchev–Trinajstić information content (AvgIpc) is 2.78. The highest BCUT2D eigenvalue weighted by Crippen LogP contribution is 2.23. The third kappa shape index (κ3) is 4.37. The van der Waals surface area contributed by atoms with Gasteiger partial charge in [-0.1, -0.05) is 25.1 Å². The highest BCUT2D eigenvalue weighted by Gasteiger charge is 2.13. The summed E-state index contributed by atoms with van der Waals surface area (Å²) in [6.45, 7) is 2.34. The lowest BCUT2D eigenvalue weighted by molar-refractivity contribution is 0.102. The monoisotopic (exact) mass is 416 g/mol. The first-order chi connectivity index (χ1) is 15.0. The van der Waals surface area contributed by atoms with E-state index in [0.717, 1.165) is 0 Å².